The number of rotatable bonds is 5. The van der Waals surface area contributed by atoms with Crippen LogP contribution in [0.5, 0.6) is 0 Å². The van der Waals surface area contributed by atoms with Crippen molar-refractivity contribution in [2.24, 2.45) is 17.3 Å². The molecule has 4 bridgehead atoms. The summed E-state index contributed by atoms with van der Waals surface area (Å²) < 4.78 is 5.46. The predicted octanol–water partition coefficient (Wildman–Crippen LogP) is 4.12. The van der Waals surface area contributed by atoms with Crippen LogP contribution < -0.4 is 5.32 Å². The van der Waals surface area contributed by atoms with Crippen LogP contribution in [0.15, 0.2) is 18.2 Å². The minimum absolute atomic E-state index is 0.0401. The topological polar surface area (TPSA) is 98.5 Å². The van der Waals surface area contributed by atoms with Crippen molar-refractivity contribution in [1.29, 1.82) is 0 Å². The number of carbonyl (C=O) groups excluding carboxylic acids is 2. The van der Waals surface area contributed by atoms with Crippen LogP contribution in [0.1, 0.15) is 44.1 Å². The largest absolute Gasteiger partial charge is 0.455 e. The molecule has 5 rings (SSSR count). The van der Waals surface area contributed by atoms with Gasteiger partial charge in [0.2, 0.25) is 0 Å². The molecule has 0 aromatic heterocycles. The number of anilines is 1. The Morgan fingerprint density at radius 3 is 2.57 bits per heavy atom. The second-order valence-electron chi connectivity index (χ2n) is 8.72. The number of nitro groups is 1. The normalized spacial score (nSPS) is 32.8. The lowest BCUT2D eigenvalue weighted by atomic mass is 9.49. The molecule has 4 saturated carbocycles. The van der Waals surface area contributed by atoms with E-state index in [0.717, 1.165) is 32.1 Å². The minimum Gasteiger partial charge on any atom is -0.455 e. The second-order valence-corrected chi connectivity index (χ2v) is 10.4. The highest BCUT2D eigenvalue weighted by molar-refractivity contribution is 9.10. The number of nitrogens with one attached hydrogen (secondary N) is 1. The van der Waals surface area contributed by atoms with Gasteiger partial charge in [-0.15, -0.1) is 0 Å². The quantitative estimate of drug-likeness (QED) is 0.314. The van der Waals surface area contributed by atoms with E-state index in [2.05, 4.69) is 21.2 Å². The van der Waals surface area contributed by atoms with Crippen molar-refractivity contribution in [3.63, 3.8) is 0 Å². The first kappa shape index (κ1) is 19.4. The number of ether oxygens (including phenoxy) is 1. The third-order valence-electron chi connectivity index (χ3n) is 6.53. The van der Waals surface area contributed by atoms with Gasteiger partial charge < -0.3 is 10.1 Å². The van der Waals surface area contributed by atoms with Crippen LogP contribution >= 0.6 is 15.9 Å². The number of esters is 1. The number of halogens is 1. The summed E-state index contributed by atoms with van der Waals surface area (Å²) in [7, 11) is 0. The summed E-state index contributed by atoms with van der Waals surface area (Å²) in [5.41, 5.74) is 0.180. The van der Waals surface area contributed by atoms with Gasteiger partial charge in [-0.2, -0.15) is 0 Å². The Morgan fingerprint density at radius 2 is 1.96 bits per heavy atom. The molecular weight excluding hydrogens is 428 g/mol. The van der Waals surface area contributed by atoms with Gasteiger partial charge in [-0.3, -0.25) is 19.7 Å². The van der Waals surface area contributed by atoms with Crippen molar-refractivity contribution in [3.8, 4) is 0 Å². The summed E-state index contributed by atoms with van der Waals surface area (Å²) in [5, 5.41) is 13.6. The predicted molar refractivity (Wildman–Crippen MR) is 106 cm³/mol. The van der Waals surface area contributed by atoms with Gasteiger partial charge in [-0.05, 0) is 63.4 Å². The highest BCUT2D eigenvalue weighted by Gasteiger charge is 2.60. The molecule has 4 aliphatic carbocycles. The molecule has 1 amide bonds. The van der Waals surface area contributed by atoms with E-state index >= 15 is 0 Å². The number of benzene rings is 1. The van der Waals surface area contributed by atoms with E-state index in [-0.39, 0.29) is 22.6 Å². The fraction of sp³-hybridized carbons (Fsp3) is 0.600. The third-order valence-corrected chi connectivity index (χ3v) is 7.46. The Morgan fingerprint density at radius 1 is 1.29 bits per heavy atom. The summed E-state index contributed by atoms with van der Waals surface area (Å²) >= 11 is 3.87. The van der Waals surface area contributed by atoms with Crippen LogP contribution in [0.25, 0.3) is 0 Å². The van der Waals surface area contributed by atoms with E-state index in [9.17, 15) is 19.7 Å². The minimum atomic E-state index is -0.492. The maximum atomic E-state index is 12.9. The molecule has 1 aromatic carbocycles. The van der Waals surface area contributed by atoms with Crippen molar-refractivity contribution in [2.45, 2.75) is 49.8 Å². The summed E-state index contributed by atoms with van der Waals surface area (Å²) in [5.74, 6) is 0.329. The maximum absolute atomic E-state index is 12.9. The second kappa shape index (κ2) is 6.83. The lowest BCUT2D eigenvalue weighted by Gasteiger charge is -2.58. The van der Waals surface area contributed by atoms with Gasteiger partial charge in [-0.1, -0.05) is 22.0 Å². The molecule has 4 aliphatic rings. The van der Waals surface area contributed by atoms with Gasteiger partial charge >= 0.3 is 5.97 Å². The van der Waals surface area contributed by atoms with Gasteiger partial charge in [0.25, 0.3) is 11.6 Å². The molecular formula is C20H23BrN2O5. The molecule has 1 N–H and O–H groups in total. The van der Waals surface area contributed by atoms with E-state index in [0.29, 0.717) is 23.1 Å². The average Bonchev–Trinajstić information content (AvgIpc) is 2.59. The molecule has 150 valence electrons. The zero-order valence-corrected chi connectivity index (χ0v) is 17.3. The lowest BCUT2D eigenvalue weighted by Crippen LogP contribution is -2.56. The van der Waals surface area contributed by atoms with E-state index < -0.39 is 16.2 Å². The molecule has 0 saturated heterocycles. The molecule has 0 aliphatic heterocycles. The van der Waals surface area contributed by atoms with Crippen molar-refractivity contribution in [1.82, 2.24) is 0 Å². The molecule has 7 nitrogen and oxygen atoms in total. The van der Waals surface area contributed by atoms with Gasteiger partial charge in [0.1, 0.15) is 0 Å². The summed E-state index contributed by atoms with van der Waals surface area (Å²) in [6.45, 7) is 1.19. The van der Waals surface area contributed by atoms with Gasteiger partial charge in [0.05, 0.1) is 21.6 Å². The number of carbonyl (C=O) groups is 2. The smallest absolute Gasteiger partial charge is 0.312 e. The van der Waals surface area contributed by atoms with E-state index in [4.69, 9.17) is 4.74 Å². The Balaban J connectivity index is 1.39. The fourth-order valence-electron chi connectivity index (χ4n) is 5.82. The van der Waals surface area contributed by atoms with Crippen molar-refractivity contribution < 1.29 is 19.2 Å². The zero-order valence-electron chi connectivity index (χ0n) is 15.7. The fourth-order valence-corrected chi connectivity index (χ4v) is 7.27. The van der Waals surface area contributed by atoms with Gasteiger partial charge in [-0.25, -0.2) is 0 Å². The van der Waals surface area contributed by atoms with Crippen molar-refractivity contribution >= 4 is 39.2 Å². The molecule has 8 heteroatoms. The van der Waals surface area contributed by atoms with Crippen molar-refractivity contribution in [2.75, 3.05) is 11.9 Å². The summed E-state index contributed by atoms with van der Waals surface area (Å²) in [4.78, 5) is 35.7. The van der Waals surface area contributed by atoms with Crippen LogP contribution in [-0.4, -0.2) is 27.7 Å². The molecule has 2 atom stereocenters. The number of alkyl halides is 1. The summed E-state index contributed by atoms with van der Waals surface area (Å²) in [6, 6.07) is 4.49. The average molecular weight is 451 g/mol. The molecule has 28 heavy (non-hydrogen) atoms. The molecule has 4 fully saturated rings. The lowest BCUT2D eigenvalue weighted by molar-refractivity contribution is -0.385. The Bertz CT molecular complexity index is 841. The van der Waals surface area contributed by atoms with E-state index in [1.54, 1.807) is 13.0 Å². The SMILES string of the molecule is Cc1c(NC(=O)COC(=O)C23CC4CC(CC(Br)(C4)C2)C3)cccc1[N+](=O)[O-]. The highest BCUT2D eigenvalue weighted by Crippen LogP contribution is 2.64. The van der Waals surface area contributed by atoms with Crippen LogP contribution in [0.3, 0.4) is 0 Å². The number of nitrogens with zero attached hydrogens (tertiary/aromatic N) is 1. The summed E-state index contributed by atoms with van der Waals surface area (Å²) in [6.07, 6.45) is 5.89. The number of nitro benzene ring substituents is 1. The highest BCUT2D eigenvalue weighted by atomic mass is 79.9. The first-order valence-corrected chi connectivity index (χ1v) is 10.4. The van der Waals surface area contributed by atoms with Gasteiger partial charge in [0, 0.05) is 10.4 Å². The molecule has 2 unspecified atom stereocenters. The van der Waals surface area contributed by atoms with E-state index in [1.807, 2.05) is 0 Å². The van der Waals surface area contributed by atoms with Gasteiger partial charge in [0.15, 0.2) is 6.61 Å². The first-order chi connectivity index (χ1) is 13.2. The van der Waals surface area contributed by atoms with Crippen LogP contribution in [0, 0.1) is 34.3 Å². The van der Waals surface area contributed by atoms with Crippen molar-refractivity contribution in [3.05, 3.63) is 33.9 Å². The Labute approximate surface area is 171 Å². The molecule has 0 heterocycles. The first-order valence-electron chi connectivity index (χ1n) is 9.60. The third kappa shape index (κ3) is 3.43. The van der Waals surface area contributed by atoms with Crippen LogP contribution in [0.4, 0.5) is 11.4 Å². The maximum Gasteiger partial charge on any atom is 0.312 e. The standard InChI is InChI=1S/C20H23BrN2O5/c1-12-15(3-2-4-16(12)23(26)27)22-17(24)10-28-18(25)19-6-13-5-14(7-19)9-20(21,8-13)11-19/h2-4,13-14H,5-11H2,1H3,(H,22,24). The number of hydrogen-bond acceptors (Lipinski definition) is 5. The molecule has 0 spiro atoms. The van der Waals surface area contributed by atoms with Crippen LogP contribution in [-0.2, 0) is 14.3 Å². The zero-order chi connectivity index (χ0) is 20.1. The Hall–Kier alpha value is -1.96. The molecule has 1 aromatic rings. The number of amides is 1. The monoisotopic (exact) mass is 450 g/mol. The van der Waals surface area contributed by atoms with E-state index in [1.165, 1.54) is 18.6 Å². The van der Waals surface area contributed by atoms with Crippen LogP contribution in [0.2, 0.25) is 0 Å². The Kier molecular flexibility index (Phi) is 4.72. The number of hydrogen-bond donors (Lipinski definition) is 1. The molecule has 0 radical (unpaired) electrons.